The van der Waals surface area contributed by atoms with E-state index in [0.29, 0.717) is 13.1 Å². The van der Waals surface area contributed by atoms with E-state index >= 15 is 0 Å². The Kier molecular flexibility index (Phi) is 6.05. The van der Waals surface area contributed by atoms with Crippen LogP contribution in [0.2, 0.25) is 0 Å². The van der Waals surface area contributed by atoms with Gasteiger partial charge >= 0.3 is 0 Å². The number of unbranched alkanes of at least 4 members (excludes halogenated alkanes) is 1. The molecule has 0 aromatic heterocycles. The van der Waals surface area contributed by atoms with Crippen LogP contribution in [0, 0.1) is 0 Å². The molecule has 1 atom stereocenters. The van der Waals surface area contributed by atoms with Crippen molar-refractivity contribution in [3.8, 4) is 0 Å². The molecule has 1 saturated heterocycles. The van der Waals surface area contributed by atoms with Gasteiger partial charge < -0.3 is 0 Å². The van der Waals surface area contributed by atoms with Gasteiger partial charge in [0.1, 0.15) is 0 Å². The van der Waals surface area contributed by atoms with Crippen molar-refractivity contribution in [3.63, 3.8) is 0 Å². The van der Waals surface area contributed by atoms with Gasteiger partial charge in [-0.05, 0) is 32.1 Å². The molecule has 0 bridgehead atoms. The topological polar surface area (TPSA) is 40.6 Å². The van der Waals surface area contributed by atoms with E-state index in [0.717, 1.165) is 32.1 Å². The molecule has 18 heavy (non-hydrogen) atoms. The smallest absolute Gasteiger partial charge is 0.195 e. The molecule has 0 aromatic rings. The maximum absolute atomic E-state index is 12.1. The summed E-state index contributed by atoms with van der Waals surface area (Å²) in [4.78, 5) is 0. The molecule has 1 aliphatic rings. The fraction of sp³-hybridized carbons (Fsp3) is 0.692. The van der Waals surface area contributed by atoms with Crippen molar-refractivity contribution in [2.75, 3.05) is 20.1 Å². The third-order valence-electron chi connectivity index (χ3n) is 3.38. The molecule has 104 valence electrons. The van der Waals surface area contributed by atoms with E-state index in [9.17, 15) is 8.42 Å². The van der Waals surface area contributed by atoms with Gasteiger partial charge in [-0.15, -0.1) is 13.2 Å². The predicted molar refractivity (Wildman–Crippen MR) is 75.5 cm³/mol. The van der Waals surface area contributed by atoms with Crippen molar-refractivity contribution in [3.05, 3.63) is 25.3 Å². The maximum Gasteiger partial charge on any atom is 0.282 e. The minimum absolute atomic E-state index is 0.0953. The number of rotatable bonds is 8. The van der Waals surface area contributed by atoms with Gasteiger partial charge in [0.05, 0.1) is 0 Å². The standard InChI is InChI=1S/C13H24N2O2S/c1-4-6-8-10-13(9-7-5-2)15-12-11-14(3)18(15,16)17/h4-5,13H,1-2,6-12H2,3H3. The maximum atomic E-state index is 12.1. The summed E-state index contributed by atoms with van der Waals surface area (Å²) < 4.78 is 27.4. The van der Waals surface area contributed by atoms with Crippen LogP contribution in [0.1, 0.15) is 32.1 Å². The molecular formula is C13H24N2O2S. The molecule has 0 aliphatic carbocycles. The quantitative estimate of drug-likeness (QED) is 0.502. The monoisotopic (exact) mass is 272 g/mol. The molecule has 0 saturated carbocycles. The Labute approximate surface area is 111 Å². The third-order valence-corrected chi connectivity index (χ3v) is 5.43. The second kappa shape index (κ2) is 7.07. The number of allylic oxidation sites excluding steroid dienone is 2. The number of hydrogen-bond donors (Lipinski definition) is 0. The number of hydrogen-bond acceptors (Lipinski definition) is 2. The first kappa shape index (κ1) is 15.4. The van der Waals surface area contributed by atoms with Crippen molar-refractivity contribution >= 4 is 10.2 Å². The second-order valence-electron chi connectivity index (χ2n) is 4.68. The first-order valence-corrected chi connectivity index (χ1v) is 7.88. The molecule has 1 heterocycles. The van der Waals surface area contributed by atoms with Crippen LogP contribution in [0.5, 0.6) is 0 Å². The van der Waals surface area contributed by atoms with Crippen LogP contribution < -0.4 is 0 Å². The van der Waals surface area contributed by atoms with Crippen molar-refractivity contribution in [2.45, 2.75) is 38.1 Å². The fourth-order valence-electron chi connectivity index (χ4n) is 2.26. The van der Waals surface area contributed by atoms with Crippen molar-refractivity contribution < 1.29 is 8.42 Å². The summed E-state index contributed by atoms with van der Waals surface area (Å²) in [5.41, 5.74) is 0. The minimum atomic E-state index is -3.23. The summed E-state index contributed by atoms with van der Waals surface area (Å²) >= 11 is 0. The molecule has 0 aromatic carbocycles. The molecule has 4 nitrogen and oxygen atoms in total. The molecule has 1 aliphatic heterocycles. The Hall–Kier alpha value is -0.650. The summed E-state index contributed by atoms with van der Waals surface area (Å²) in [6.07, 6.45) is 8.27. The highest BCUT2D eigenvalue weighted by Crippen LogP contribution is 2.24. The second-order valence-corrected chi connectivity index (χ2v) is 6.67. The summed E-state index contributed by atoms with van der Waals surface area (Å²) in [5, 5.41) is 0. The number of likely N-dealkylation sites (N-methyl/N-ethyl adjacent to an activating group) is 1. The van der Waals surface area contributed by atoms with Crippen LogP contribution >= 0.6 is 0 Å². The van der Waals surface area contributed by atoms with E-state index in [1.807, 2.05) is 12.2 Å². The van der Waals surface area contributed by atoms with Gasteiger partial charge in [-0.2, -0.15) is 17.0 Å². The highest BCUT2D eigenvalue weighted by atomic mass is 32.2. The molecule has 1 unspecified atom stereocenters. The van der Waals surface area contributed by atoms with E-state index in [4.69, 9.17) is 0 Å². The van der Waals surface area contributed by atoms with Crippen molar-refractivity contribution in [1.82, 2.24) is 8.61 Å². The third kappa shape index (κ3) is 3.67. The van der Waals surface area contributed by atoms with Gasteiger partial charge in [-0.1, -0.05) is 12.2 Å². The molecular weight excluding hydrogens is 248 g/mol. The summed E-state index contributed by atoms with van der Waals surface area (Å²) in [6.45, 7) is 8.61. The van der Waals surface area contributed by atoms with Gasteiger partial charge in [0.25, 0.3) is 10.2 Å². The average molecular weight is 272 g/mol. The lowest BCUT2D eigenvalue weighted by Crippen LogP contribution is -2.39. The molecule has 0 spiro atoms. The van der Waals surface area contributed by atoms with Crippen LogP contribution in [-0.2, 0) is 10.2 Å². The van der Waals surface area contributed by atoms with Gasteiger partial charge in [0.15, 0.2) is 0 Å². The zero-order chi connectivity index (χ0) is 13.6. The Morgan fingerprint density at radius 2 is 1.83 bits per heavy atom. The van der Waals surface area contributed by atoms with E-state index in [1.165, 1.54) is 4.31 Å². The van der Waals surface area contributed by atoms with Crippen LogP contribution in [0.15, 0.2) is 25.3 Å². The lowest BCUT2D eigenvalue weighted by Gasteiger charge is -2.26. The van der Waals surface area contributed by atoms with E-state index in [2.05, 4.69) is 13.2 Å². The zero-order valence-corrected chi connectivity index (χ0v) is 12.0. The molecule has 1 rings (SSSR count). The highest BCUT2D eigenvalue weighted by Gasteiger charge is 2.37. The summed E-state index contributed by atoms with van der Waals surface area (Å²) in [6, 6.07) is 0.0953. The largest absolute Gasteiger partial charge is 0.282 e. The molecule has 1 fully saturated rings. The van der Waals surface area contributed by atoms with Gasteiger partial charge in [0, 0.05) is 26.2 Å². The highest BCUT2D eigenvalue weighted by molar-refractivity contribution is 7.87. The molecule has 0 amide bonds. The lowest BCUT2D eigenvalue weighted by atomic mass is 10.0. The SMILES string of the molecule is C=CCCCC(CCC=C)N1CCN(C)S1(=O)=O. The Bertz CT molecular complexity index is 378. The van der Waals surface area contributed by atoms with Crippen molar-refractivity contribution in [2.24, 2.45) is 0 Å². The van der Waals surface area contributed by atoms with Gasteiger partial charge in [0.2, 0.25) is 0 Å². The fourth-order valence-corrected chi connectivity index (χ4v) is 3.83. The van der Waals surface area contributed by atoms with E-state index in [1.54, 1.807) is 11.4 Å². The minimum Gasteiger partial charge on any atom is -0.195 e. The number of nitrogens with zero attached hydrogens (tertiary/aromatic N) is 2. The first-order valence-electron chi connectivity index (χ1n) is 6.49. The van der Waals surface area contributed by atoms with Crippen molar-refractivity contribution in [1.29, 1.82) is 0 Å². The predicted octanol–water partition coefficient (Wildman–Crippen LogP) is 2.17. The Morgan fingerprint density at radius 3 is 2.33 bits per heavy atom. The lowest BCUT2D eigenvalue weighted by molar-refractivity contribution is 0.309. The van der Waals surface area contributed by atoms with Gasteiger partial charge in [-0.25, -0.2) is 0 Å². The van der Waals surface area contributed by atoms with Crippen LogP contribution in [-0.4, -0.2) is 43.2 Å². The molecule has 0 N–H and O–H groups in total. The molecule has 5 heteroatoms. The molecule has 0 radical (unpaired) electrons. The van der Waals surface area contributed by atoms with Crippen LogP contribution in [0.3, 0.4) is 0 Å². The van der Waals surface area contributed by atoms with Crippen LogP contribution in [0.4, 0.5) is 0 Å². The van der Waals surface area contributed by atoms with Gasteiger partial charge in [-0.3, -0.25) is 0 Å². The first-order chi connectivity index (χ1) is 8.54. The van der Waals surface area contributed by atoms with E-state index in [-0.39, 0.29) is 6.04 Å². The summed E-state index contributed by atoms with van der Waals surface area (Å²) in [7, 11) is -1.58. The zero-order valence-electron chi connectivity index (χ0n) is 11.2. The Morgan fingerprint density at radius 1 is 1.17 bits per heavy atom. The Balaban J connectivity index is 2.69. The van der Waals surface area contributed by atoms with E-state index < -0.39 is 10.2 Å². The van der Waals surface area contributed by atoms with Crippen LogP contribution in [0.25, 0.3) is 0 Å². The normalized spacial score (nSPS) is 21.8. The summed E-state index contributed by atoms with van der Waals surface area (Å²) in [5.74, 6) is 0. The average Bonchev–Trinajstić information content (AvgIpc) is 2.59.